The van der Waals surface area contributed by atoms with Crippen LogP contribution < -0.4 is 20.7 Å². The number of benzene rings is 1. The highest BCUT2D eigenvalue weighted by atomic mass is 127. The molecular weight excluding hydrogens is 519 g/mol. The molecule has 2 fully saturated rings. The predicted octanol–water partition coefficient (Wildman–Crippen LogP) is 3.61. The van der Waals surface area contributed by atoms with Gasteiger partial charge in [0.15, 0.2) is 12.6 Å². The summed E-state index contributed by atoms with van der Waals surface area (Å²) < 4.78 is 11.0. The quantitative estimate of drug-likeness (QED) is 0.208. The molecule has 8 heteroatoms. The molecule has 7 nitrogen and oxygen atoms in total. The summed E-state index contributed by atoms with van der Waals surface area (Å²) in [4.78, 5) is 16.6. The molecule has 0 unspecified atom stereocenters. The largest absolute Gasteiger partial charge is 0.484 e. The molecule has 3 rings (SSSR count). The molecular formula is C24H39IN4O3. The fourth-order valence-electron chi connectivity index (χ4n) is 4.12. The second-order valence-corrected chi connectivity index (χ2v) is 8.78. The summed E-state index contributed by atoms with van der Waals surface area (Å²) in [6.07, 6.45) is 8.33. The van der Waals surface area contributed by atoms with Gasteiger partial charge in [-0.2, -0.15) is 0 Å². The molecule has 1 amide bonds. The third-order valence-electron chi connectivity index (χ3n) is 6.11. The molecule has 32 heavy (non-hydrogen) atoms. The molecule has 2 aliphatic carbocycles. The minimum Gasteiger partial charge on any atom is -0.484 e. The first kappa shape index (κ1) is 26.7. The van der Waals surface area contributed by atoms with Gasteiger partial charge in [0.1, 0.15) is 5.75 Å². The van der Waals surface area contributed by atoms with E-state index in [1.807, 2.05) is 24.3 Å². The number of halogens is 1. The lowest BCUT2D eigenvalue weighted by molar-refractivity contribution is -0.123. The lowest BCUT2D eigenvalue weighted by Gasteiger charge is -2.30. The van der Waals surface area contributed by atoms with Crippen molar-refractivity contribution in [1.29, 1.82) is 0 Å². The minimum absolute atomic E-state index is 0. The van der Waals surface area contributed by atoms with Crippen molar-refractivity contribution in [2.75, 3.05) is 33.4 Å². The zero-order chi connectivity index (χ0) is 21.9. The van der Waals surface area contributed by atoms with E-state index in [2.05, 4.69) is 22.9 Å². The number of ether oxygens (including phenoxy) is 2. The number of amides is 1. The number of nitrogens with zero attached hydrogens (tertiary/aromatic N) is 1. The zero-order valence-electron chi connectivity index (χ0n) is 19.5. The van der Waals surface area contributed by atoms with Gasteiger partial charge in [-0.05, 0) is 62.1 Å². The van der Waals surface area contributed by atoms with Crippen molar-refractivity contribution >= 4 is 35.8 Å². The SMILES string of the molecule is CCNC(=NCc1cccc(OCC(=O)NC2CC2)c1)NCC1(CCOC)CCCC1.I. The van der Waals surface area contributed by atoms with Crippen molar-refractivity contribution in [3.63, 3.8) is 0 Å². The van der Waals surface area contributed by atoms with E-state index in [0.717, 1.165) is 50.5 Å². The summed E-state index contributed by atoms with van der Waals surface area (Å²) in [5.74, 6) is 1.47. The fourth-order valence-corrected chi connectivity index (χ4v) is 4.12. The van der Waals surface area contributed by atoms with Crippen molar-refractivity contribution in [2.24, 2.45) is 10.4 Å². The average Bonchev–Trinajstić information content (AvgIpc) is 3.47. The first-order valence-electron chi connectivity index (χ1n) is 11.6. The van der Waals surface area contributed by atoms with E-state index in [4.69, 9.17) is 14.5 Å². The number of methoxy groups -OCH3 is 1. The molecule has 0 aliphatic heterocycles. The van der Waals surface area contributed by atoms with Crippen LogP contribution in [0, 0.1) is 5.41 Å². The summed E-state index contributed by atoms with van der Waals surface area (Å²) in [5, 5.41) is 9.85. The normalized spacial score (nSPS) is 17.4. The van der Waals surface area contributed by atoms with Gasteiger partial charge in [0.2, 0.25) is 0 Å². The van der Waals surface area contributed by atoms with Gasteiger partial charge in [0.05, 0.1) is 6.54 Å². The van der Waals surface area contributed by atoms with Gasteiger partial charge >= 0.3 is 0 Å². The van der Waals surface area contributed by atoms with E-state index in [0.29, 0.717) is 23.8 Å². The molecule has 0 atom stereocenters. The summed E-state index contributed by atoms with van der Waals surface area (Å²) >= 11 is 0. The Kier molecular flexibility index (Phi) is 11.6. The summed E-state index contributed by atoms with van der Waals surface area (Å²) in [7, 11) is 1.78. The third-order valence-corrected chi connectivity index (χ3v) is 6.11. The van der Waals surface area contributed by atoms with E-state index < -0.39 is 0 Å². The Labute approximate surface area is 209 Å². The molecule has 2 saturated carbocycles. The van der Waals surface area contributed by atoms with Crippen LogP contribution in [0.2, 0.25) is 0 Å². The first-order chi connectivity index (χ1) is 15.1. The van der Waals surface area contributed by atoms with Crippen LogP contribution in [0.3, 0.4) is 0 Å². The molecule has 1 aromatic carbocycles. The molecule has 0 spiro atoms. The van der Waals surface area contributed by atoms with Crippen LogP contribution in [0.25, 0.3) is 0 Å². The number of aliphatic imine (C=N–C) groups is 1. The van der Waals surface area contributed by atoms with Gasteiger partial charge in [-0.25, -0.2) is 4.99 Å². The van der Waals surface area contributed by atoms with E-state index >= 15 is 0 Å². The molecule has 1 aromatic rings. The van der Waals surface area contributed by atoms with Gasteiger partial charge in [0.25, 0.3) is 5.91 Å². The van der Waals surface area contributed by atoms with Gasteiger partial charge in [-0.3, -0.25) is 4.79 Å². The number of hydrogen-bond acceptors (Lipinski definition) is 4. The van der Waals surface area contributed by atoms with E-state index in [-0.39, 0.29) is 36.5 Å². The maximum Gasteiger partial charge on any atom is 0.258 e. The fraction of sp³-hybridized carbons (Fsp3) is 0.667. The second-order valence-electron chi connectivity index (χ2n) is 8.78. The Bertz CT molecular complexity index is 734. The average molecular weight is 559 g/mol. The Morgan fingerprint density at radius 2 is 2.00 bits per heavy atom. The van der Waals surface area contributed by atoms with Crippen molar-refractivity contribution < 1.29 is 14.3 Å². The molecule has 2 aliphatic rings. The number of carbonyl (C=O) groups excluding carboxylic acids is 1. The van der Waals surface area contributed by atoms with Crippen LogP contribution >= 0.6 is 24.0 Å². The number of guanidine groups is 1. The summed E-state index contributed by atoms with van der Waals surface area (Å²) in [6, 6.07) is 8.15. The molecule has 180 valence electrons. The summed E-state index contributed by atoms with van der Waals surface area (Å²) in [6.45, 7) is 5.22. The number of carbonyl (C=O) groups is 1. The highest BCUT2D eigenvalue weighted by molar-refractivity contribution is 14.0. The van der Waals surface area contributed by atoms with E-state index in [1.54, 1.807) is 7.11 Å². The Balaban J connectivity index is 0.00000363. The van der Waals surface area contributed by atoms with E-state index in [9.17, 15) is 4.79 Å². The van der Waals surface area contributed by atoms with Gasteiger partial charge in [-0.15, -0.1) is 24.0 Å². The molecule has 0 bridgehead atoms. The van der Waals surface area contributed by atoms with Gasteiger partial charge < -0.3 is 25.4 Å². The molecule has 3 N–H and O–H groups in total. The zero-order valence-corrected chi connectivity index (χ0v) is 21.8. The number of hydrogen-bond donors (Lipinski definition) is 3. The molecule has 0 saturated heterocycles. The maximum absolute atomic E-state index is 11.8. The van der Waals surface area contributed by atoms with Crippen LogP contribution in [-0.2, 0) is 16.1 Å². The highest BCUT2D eigenvalue weighted by Crippen LogP contribution is 2.40. The Morgan fingerprint density at radius 3 is 2.69 bits per heavy atom. The van der Waals surface area contributed by atoms with Crippen LogP contribution in [0.5, 0.6) is 5.75 Å². The third kappa shape index (κ3) is 9.13. The van der Waals surface area contributed by atoms with Gasteiger partial charge in [0, 0.05) is 32.8 Å². The Morgan fingerprint density at radius 1 is 1.22 bits per heavy atom. The summed E-state index contributed by atoms with van der Waals surface area (Å²) in [5.41, 5.74) is 1.35. The number of nitrogens with one attached hydrogen (secondary N) is 3. The predicted molar refractivity (Wildman–Crippen MR) is 139 cm³/mol. The number of rotatable bonds is 12. The van der Waals surface area contributed by atoms with Crippen LogP contribution in [0.4, 0.5) is 0 Å². The topological polar surface area (TPSA) is 84.0 Å². The second kappa shape index (κ2) is 13.9. The Hall–Kier alpha value is -1.55. The first-order valence-corrected chi connectivity index (χ1v) is 11.6. The van der Waals surface area contributed by atoms with Crippen molar-refractivity contribution in [3.8, 4) is 5.75 Å². The van der Waals surface area contributed by atoms with Crippen LogP contribution in [0.1, 0.15) is 57.4 Å². The smallest absolute Gasteiger partial charge is 0.258 e. The van der Waals surface area contributed by atoms with Crippen LogP contribution in [-0.4, -0.2) is 51.3 Å². The monoisotopic (exact) mass is 558 g/mol. The van der Waals surface area contributed by atoms with Gasteiger partial charge in [-0.1, -0.05) is 25.0 Å². The standard InChI is InChI=1S/C24H38N4O3.HI/c1-3-25-23(27-18-24(13-14-30-2)11-4-5-12-24)26-16-19-7-6-8-21(15-19)31-17-22(29)28-20-9-10-20;/h6-8,15,20H,3-5,9-14,16-18H2,1-2H3,(H,28,29)(H2,25,26,27);1H. The van der Waals surface area contributed by atoms with Crippen molar-refractivity contribution in [2.45, 2.75) is 64.5 Å². The maximum atomic E-state index is 11.8. The minimum atomic E-state index is -0.0566. The highest BCUT2D eigenvalue weighted by Gasteiger charge is 2.33. The lowest BCUT2D eigenvalue weighted by atomic mass is 9.83. The van der Waals surface area contributed by atoms with Crippen molar-refractivity contribution in [1.82, 2.24) is 16.0 Å². The molecule has 0 radical (unpaired) electrons. The van der Waals surface area contributed by atoms with Crippen LogP contribution in [0.15, 0.2) is 29.3 Å². The van der Waals surface area contributed by atoms with Crippen molar-refractivity contribution in [3.05, 3.63) is 29.8 Å². The molecule has 0 aromatic heterocycles. The lowest BCUT2D eigenvalue weighted by Crippen LogP contribution is -2.43. The molecule has 0 heterocycles. The van der Waals surface area contributed by atoms with E-state index in [1.165, 1.54) is 25.7 Å².